The summed E-state index contributed by atoms with van der Waals surface area (Å²) in [6, 6.07) is 29.5. The van der Waals surface area contributed by atoms with E-state index in [1.165, 1.54) is 12.1 Å². The Bertz CT molecular complexity index is 1440. The van der Waals surface area contributed by atoms with Crippen molar-refractivity contribution in [3.63, 3.8) is 0 Å². The van der Waals surface area contributed by atoms with Gasteiger partial charge in [-0.1, -0.05) is 60.7 Å². The van der Waals surface area contributed by atoms with Crippen molar-refractivity contribution in [1.82, 2.24) is 4.72 Å². The monoisotopic (exact) mass is 486 g/mol. The molecule has 1 heterocycles. The van der Waals surface area contributed by atoms with Crippen LogP contribution in [0, 0.1) is 12.7 Å². The van der Waals surface area contributed by atoms with Crippen LogP contribution in [-0.2, 0) is 23.0 Å². The largest absolute Gasteiger partial charge is 0.365 e. The molecule has 4 aromatic rings. The molecule has 1 aliphatic heterocycles. The molecule has 4 nitrogen and oxygen atoms in total. The van der Waals surface area contributed by atoms with Crippen LogP contribution in [-0.4, -0.2) is 21.0 Å². The van der Waals surface area contributed by atoms with Crippen molar-refractivity contribution >= 4 is 15.7 Å². The van der Waals surface area contributed by atoms with Gasteiger partial charge in [0, 0.05) is 24.8 Å². The molecular weight excluding hydrogens is 459 g/mol. The van der Waals surface area contributed by atoms with Crippen LogP contribution in [0.2, 0.25) is 0 Å². The maximum absolute atomic E-state index is 13.4. The van der Waals surface area contributed by atoms with Gasteiger partial charge in [-0.05, 0) is 77.6 Å². The van der Waals surface area contributed by atoms with Gasteiger partial charge in [-0.3, -0.25) is 0 Å². The molecule has 178 valence electrons. The molecule has 0 bridgehead atoms. The highest BCUT2D eigenvalue weighted by molar-refractivity contribution is 7.89. The molecule has 1 N–H and O–H groups in total. The predicted octanol–water partition coefficient (Wildman–Crippen LogP) is 5.71. The first-order valence-corrected chi connectivity index (χ1v) is 13.1. The van der Waals surface area contributed by atoms with Crippen molar-refractivity contribution in [3.8, 4) is 11.1 Å². The second kappa shape index (κ2) is 9.64. The van der Waals surface area contributed by atoms with E-state index in [0.717, 1.165) is 33.5 Å². The topological polar surface area (TPSA) is 49.4 Å². The Hall–Kier alpha value is -3.48. The minimum atomic E-state index is -3.67. The molecule has 1 unspecified atom stereocenters. The van der Waals surface area contributed by atoms with Crippen LogP contribution in [0.1, 0.15) is 16.7 Å². The standard InChI is InChI=1S/C29H27FN2O2S/c1-21-6-5-9-28(16-21)35(33,34)31-27-18-25-17-24(23-10-13-26(30)14-11-23)12-15-29(25)32(20-27)19-22-7-3-2-4-8-22/h2-17,27,31H,18-20H2,1H3. The smallest absolute Gasteiger partial charge is 0.240 e. The Labute approximate surface area is 206 Å². The van der Waals surface area contributed by atoms with Gasteiger partial charge < -0.3 is 4.90 Å². The van der Waals surface area contributed by atoms with Crippen molar-refractivity contribution in [3.05, 3.63) is 120 Å². The van der Waals surface area contributed by atoms with E-state index in [1.807, 2.05) is 37.3 Å². The first-order valence-electron chi connectivity index (χ1n) is 11.6. The van der Waals surface area contributed by atoms with E-state index in [1.54, 1.807) is 30.3 Å². The minimum absolute atomic E-state index is 0.272. The summed E-state index contributed by atoms with van der Waals surface area (Å²) < 4.78 is 42.7. The molecule has 0 fully saturated rings. The number of nitrogens with one attached hydrogen (secondary N) is 1. The zero-order valence-electron chi connectivity index (χ0n) is 19.5. The van der Waals surface area contributed by atoms with Gasteiger partial charge in [0.1, 0.15) is 5.82 Å². The average molecular weight is 487 g/mol. The summed E-state index contributed by atoms with van der Waals surface area (Å²) in [5.74, 6) is -0.272. The second-order valence-corrected chi connectivity index (χ2v) is 10.8. The Morgan fingerprint density at radius 2 is 1.63 bits per heavy atom. The Morgan fingerprint density at radius 3 is 2.37 bits per heavy atom. The average Bonchev–Trinajstić information content (AvgIpc) is 2.84. The zero-order valence-corrected chi connectivity index (χ0v) is 20.3. The summed E-state index contributed by atoms with van der Waals surface area (Å²) in [6.45, 7) is 3.11. The molecule has 1 aliphatic rings. The van der Waals surface area contributed by atoms with E-state index < -0.39 is 10.0 Å². The van der Waals surface area contributed by atoms with E-state index in [9.17, 15) is 12.8 Å². The quantitative estimate of drug-likeness (QED) is 0.380. The number of benzene rings is 4. The maximum atomic E-state index is 13.4. The highest BCUT2D eigenvalue weighted by Gasteiger charge is 2.29. The summed E-state index contributed by atoms with van der Waals surface area (Å²) >= 11 is 0. The van der Waals surface area contributed by atoms with Gasteiger partial charge in [-0.25, -0.2) is 17.5 Å². The molecule has 0 saturated carbocycles. The SMILES string of the molecule is Cc1cccc(S(=O)(=O)NC2Cc3cc(-c4ccc(F)cc4)ccc3N(Cc3ccccc3)C2)c1. The van der Waals surface area contributed by atoms with E-state index in [0.29, 0.717) is 19.5 Å². The summed E-state index contributed by atoms with van der Waals surface area (Å²) in [5, 5.41) is 0. The first-order chi connectivity index (χ1) is 16.9. The second-order valence-electron chi connectivity index (χ2n) is 9.06. The van der Waals surface area contributed by atoms with Crippen molar-refractivity contribution in [2.45, 2.75) is 30.8 Å². The van der Waals surface area contributed by atoms with Gasteiger partial charge in [0.25, 0.3) is 0 Å². The molecule has 35 heavy (non-hydrogen) atoms. The molecule has 6 heteroatoms. The van der Waals surface area contributed by atoms with Crippen LogP contribution in [0.3, 0.4) is 0 Å². The fraction of sp³-hybridized carbons (Fsp3) is 0.172. The molecule has 0 aromatic heterocycles. The molecule has 0 radical (unpaired) electrons. The van der Waals surface area contributed by atoms with E-state index in [2.05, 4.69) is 33.9 Å². The third-order valence-electron chi connectivity index (χ3n) is 6.34. The van der Waals surface area contributed by atoms with Crippen LogP contribution in [0.25, 0.3) is 11.1 Å². The highest BCUT2D eigenvalue weighted by Crippen LogP contribution is 2.33. The molecule has 1 atom stereocenters. The van der Waals surface area contributed by atoms with E-state index in [-0.39, 0.29) is 16.8 Å². The number of hydrogen-bond donors (Lipinski definition) is 1. The molecular formula is C29H27FN2O2S. The van der Waals surface area contributed by atoms with Crippen LogP contribution in [0.5, 0.6) is 0 Å². The number of fused-ring (bicyclic) bond motifs is 1. The molecule has 0 saturated heterocycles. The first kappa shape index (κ1) is 23.3. The Morgan fingerprint density at radius 1 is 0.886 bits per heavy atom. The van der Waals surface area contributed by atoms with Crippen molar-refractivity contribution in [2.24, 2.45) is 0 Å². The predicted molar refractivity (Wildman–Crippen MR) is 138 cm³/mol. The Balaban J connectivity index is 1.48. The number of anilines is 1. The lowest BCUT2D eigenvalue weighted by molar-refractivity contribution is 0.524. The van der Waals surface area contributed by atoms with Gasteiger partial charge in [-0.2, -0.15) is 0 Å². The van der Waals surface area contributed by atoms with E-state index in [4.69, 9.17) is 0 Å². The van der Waals surface area contributed by atoms with Crippen LogP contribution < -0.4 is 9.62 Å². The summed E-state index contributed by atoms with van der Waals surface area (Å²) in [5.41, 5.74) is 6.10. The number of rotatable bonds is 6. The fourth-order valence-electron chi connectivity index (χ4n) is 4.68. The van der Waals surface area contributed by atoms with Gasteiger partial charge in [0.15, 0.2) is 0 Å². The summed E-state index contributed by atoms with van der Waals surface area (Å²) in [6.07, 6.45) is 0.570. The van der Waals surface area contributed by atoms with Crippen molar-refractivity contribution in [2.75, 3.05) is 11.4 Å². The number of nitrogens with zero attached hydrogens (tertiary/aromatic N) is 1. The highest BCUT2D eigenvalue weighted by atomic mass is 32.2. The fourth-order valence-corrected chi connectivity index (χ4v) is 6.01. The minimum Gasteiger partial charge on any atom is -0.365 e. The zero-order chi connectivity index (χ0) is 24.4. The maximum Gasteiger partial charge on any atom is 0.240 e. The number of halogens is 1. The molecule has 0 aliphatic carbocycles. The van der Waals surface area contributed by atoms with Gasteiger partial charge >= 0.3 is 0 Å². The van der Waals surface area contributed by atoms with Gasteiger partial charge in [-0.15, -0.1) is 0 Å². The normalized spacial score (nSPS) is 15.6. The number of aryl methyl sites for hydroxylation is 1. The van der Waals surface area contributed by atoms with Crippen LogP contribution in [0.4, 0.5) is 10.1 Å². The van der Waals surface area contributed by atoms with Gasteiger partial charge in [0.2, 0.25) is 10.0 Å². The Kier molecular flexibility index (Phi) is 6.41. The lowest BCUT2D eigenvalue weighted by atomic mass is 9.94. The number of sulfonamides is 1. The van der Waals surface area contributed by atoms with Crippen molar-refractivity contribution < 1.29 is 12.8 Å². The number of hydrogen-bond acceptors (Lipinski definition) is 3. The molecule has 0 amide bonds. The van der Waals surface area contributed by atoms with Crippen LogP contribution >= 0.6 is 0 Å². The summed E-state index contributed by atoms with van der Waals surface area (Å²) in [4.78, 5) is 2.50. The molecule has 0 spiro atoms. The molecule has 5 rings (SSSR count). The van der Waals surface area contributed by atoms with Gasteiger partial charge in [0.05, 0.1) is 4.90 Å². The third kappa shape index (κ3) is 5.29. The van der Waals surface area contributed by atoms with Crippen molar-refractivity contribution in [1.29, 1.82) is 0 Å². The van der Waals surface area contributed by atoms with Crippen LogP contribution in [0.15, 0.2) is 102 Å². The lowest BCUT2D eigenvalue weighted by Gasteiger charge is -2.37. The lowest BCUT2D eigenvalue weighted by Crippen LogP contribution is -2.48. The molecule has 4 aromatic carbocycles. The van der Waals surface area contributed by atoms with E-state index >= 15 is 0 Å². The third-order valence-corrected chi connectivity index (χ3v) is 7.86. The summed E-state index contributed by atoms with van der Waals surface area (Å²) in [7, 11) is -3.67.